The molecular weight excluding hydrogens is 234 g/mol. The van der Waals surface area contributed by atoms with E-state index in [0.717, 1.165) is 42.9 Å². The zero-order valence-corrected chi connectivity index (χ0v) is 11.7. The molecule has 0 saturated heterocycles. The molecule has 0 fully saturated rings. The molecule has 2 aromatic heterocycles. The number of nitrogens with one attached hydrogen (secondary N) is 1. The number of nitrogens with zero attached hydrogens (tertiary/aromatic N) is 2. The van der Waals surface area contributed by atoms with E-state index in [1.54, 1.807) is 0 Å². The molecule has 19 heavy (non-hydrogen) atoms. The molecule has 0 atom stereocenters. The third-order valence-corrected chi connectivity index (χ3v) is 3.05. The van der Waals surface area contributed by atoms with Crippen molar-refractivity contribution in [2.24, 2.45) is 0 Å². The topological polar surface area (TPSA) is 37.8 Å². The summed E-state index contributed by atoms with van der Waals surface area (Å²) in [4.78, 5) is 8.88. The second-order valence-electron chi connectivity index (χ2n) is 4.65. The summed E-state index contributed by atoms with van der Waals surface area (Å²) < 4.78 is 0. The molecule has 3 heteroatoms. The van der Waals surface area contributed by atoms with Crippen LogP contribution in [0.4, 0.5) is 5.69 Å². The van der Waals surface area contributed by atoms with Crippen molar-refractivity contribution in [3.05, 3.63) is 53.6 Å². The fourth-order valence-corrected chi connectivity index (χ4v) is 1.91. The maximum absolute atomic E-state index is 4.48. The molecule has 0 spiro atoms. The average Bonchev–Trinajstić information content (AvgIpc) is 2.46. The van der Waals surface area contributed by atoms with E-state index in [-0.39, 0.29) is 0 Å². The Balaban J connectivity index is 2.05. The minimum absolute atomic E-state index is 0.783. The molecule has 0 aliphatic rings. The maximum atomic E-state index is 4.48. The van der Waals surface area contributed by atoms with E-state index in [2.05, 4.69) is 47.3 Å². The molecule has 2 heterocycles. The van der Waals surface area contributed by atoms with Gasteiger partial charge in [0.15, 0.2) is 0 Å². The summed E-state index contributed by atoms with van der Waals surface area (Å²) in [5.41, 5.74) is 4.53. The van der Waals surface area contributed by atoms with Crippen molar-refractivity contribution in [1.82, 2.24) is 9.97 Å². The van der Waals surface area contributed by atoms with Crippen molar-refractivity contribution in [2.75, 3.05) is 11.9 Å². The number of hydrogen-bond donors (Lipinski definition) is 1. The van der Waals surface area contributed by atoms with Gasteiger partial charge in [-0.1, -0.05) is 19.9 Å². The van der Waals surface area contributed by atoms with Crippen molar-refractivity contribution >= 4 is 5.69 Å². The third kappa shape index (κ3) is 4.05. The Morgan fingerprint density at radius 2 is 1.95 bits per heavy atom. The second kappa shape index (κ2) is 6.88. The predicted octanol–water partition coefficient (Wildman–Crippen LogP) is 3.45. The van der Waals surface area contributed by atoms with E-state index in [1.165, 1.54) is 5.56 Å². The van der Waals surface area contributed by atoms with Gasteiger partial charge in [-0.05, 0) is 36.6 Å². The van der Waals surface area contributed by atoms with Crippen LogP contribution in [0.5, 0.6) is 0 Å². The van der Waals surface area contributed by atoms with Crippen LogP contribution in [0.15, 0.2) is 36.7 Å². The molecule has 2 rings (SSSR count). The molecule has 0 unspecified atom stereocenters. The first-order chi connectivity index (χ1) is 9.31. The van der Waals surface area contributed by atoms with Crippen LogP contribution in [0.1, 0.15) is 37.2 Å². The van der Waals surface area contributed by atoms with Gasteiger partial charge >= 0.3 is 0 Å². The van der Waals surface area contributed by atoms with E-state index in [0.29, 0.717) is 0 Å². The lowest BCUT2D eigenvalue weighted by molar-refractivity contribution is 0.968. The normalized spacial score (nSPS) is 10.4. The van der Waals surface area contributed by atoms with E-state index < -0.39 is 0 Å². The van der Waals surface area contributed by atoms with Crippen molar-refractivity contribution in [3.63, 3.8) is 0 Å². The van der Waals surface area contributed by atoms with Gasteiger partial charge < -0.3 is 5.32 Å². The fraction of sp³-hybridized carbons (Fsp3) is 0.375. The molecule has 0 saturated carbocycles. The number of pyridine rings is 2. The quantitative estimate of drug-likeness (QED) is 0.859. The second-order valence-corrected chi connectivity index (χ2v) is 4.65. The van der Waals surface area contributed by atoms with Gasteiger partial charge in [-0.2, -0.15) is 0 Å². The average molecular weight is 255 g/mol. The number of hydrogen-bond acceptors (Lipinski definition) is 3. The Kier molecular flexibility index (Phi) is 4.90. The summed E-state index contributed by atoms with van der Waals surface area (Å²) >= 11 is 0. The van der Waals surface area contributed by atoms with Crippen LogP contribution in [0.25, 0.3) is 0 Å². The minimum atomic E-state index is 0.783. The Hall–Kier alpha value is -1.90. The van der Waals surface area contributed by atoms with Gasteiger partial charge in [-0.3, -0.25) is 9.97 Å². The summed E-state index contributed by atoms with van der Waals surface area (Å²) in [5, 5.41) is 3.38. The summed E-state index contributed by atoms with van der Waals surface area (Å²) in [5.74, 6) is 0. The van der Waals surface area contributed by atoms with Gasteiger partial charge in [0.1, 0.15) is 0 Å². The maximum Gasteiger partial charge on any atom is 0.0483 e. The molecule has 0 aliphatic carbocycles. The Morgan fingerprint density at radius 1 is 1.05 bits per heavy atom. The molecule has 100 valence electrons. The number of aromatic nitrogens is 2. The number of rotatable bonds is 6. The first-order valence-electron chi connectivity index (χ1n) is 6.94. The van der Waals surface area contributed by atoms with Crippen LogP contribution in [0.2, 0.25) is 0 Å². The lowest BCUT2D eigenvalue weighted by atomic mass is 10.1. The van der Waals surface area contributed by atoms with E-state index in [4.69, 9.17) is 0 Å². The van der Waals surface area contributed by atoms with Crippen molar-refractivity contribution in [3.8, 4) is 0 Å². The summed E-state index contributed by atoms with van der Waals surface area (Å²) in [6.45, 7) is 5.29. The Labute approximate surface area is 115 Å². The summed E-state index contributed by atoms with van der Waals surface area (Å²) in [6.07, 6.45) is 6.74. The highest BCUT2D eigenvalue weighted by atomic mass is 14.9. The molecule has 3 nitrogen and oxygen atoms in total. The van der Waals surface area contributed by atoms with Crippen molar-refractivity contribution < 1.29 is 0 Å². The van der Waals surface area contributed by atoms with Gasteiger partial charge in [0.05, 0.1) is 0 Å². The molecule has 0 aromatic carbocycles. The van der Waals surface area contributed by atoms with E-state index in [9.17, 15) is 0 Å². The smallest absolute Gasteiger partial charge is 0.0483 e. The SMILES string of the molecule is CCCNc1ccnc(Cc2ccc(CC)cn2)c1. The minimum Gasteiger partial charge on any atom is -0.385 e. The van der Waals surface area contributed by atoms with E-state index >= 15 is 0 Å². The van der Waals surface area contributed by atoms with Crippen molar-refractivity contribution in [1.29, 1.82) is 0 Å². The number of aryl methyl sites for hydroxylation is 1. The Morgan fingerprint density at radius 3 is 2.63 bits per heavy atom. The van der Waals surface area contributed by atoms with Crippen LogP contribution in [-0.4, -0.2) is 16.5 Å². The highest BCUT2D eigenvalue weighted by molar-refractivity contribution is 5.43. The first kappa shape index (κ1) is 13.5. The van der Waals surface area contributed by atoms with Gasteiger partial charge in [0.25, 0.3) is 0 Å². The van der Waals surface area contributed by atoms with Gasteiger partial charge in [-0.15, -0.1) is 0 Å². The third-order valence-electron chi connectivity index (χ3n) is 3.05. The lowest BCUT2D eigenvalue weighted by Crippen LogP contribution is -2.02. The van der Waals surface area contributed by atoms with Gasteiger partial charge in [0.2, 0.25) is 0 Å². The molecule has 0 bridgehead atoms. The fourth-order valence-electron chi connectivity index (χ4n) is 1.91. The standard InChI is InChI=1S/C16H21N3/c1-3-8-17-15-7-9-18-16(11-15)10-14-6-5-13(4-2)12-19-14/h5-7,9,11-12H,3-4,8,10H2,1-2H3,(H,17,18). The van der Waals surface area contributed by atoms with Crippen molar-refractivity contribution in [2.45, 2.75) is 33.1 Å². The first-order valence-corrected chi connectivity index (χ1v) is 6.94. The van der Waals surface area contributed by atoms with Crippen LogP contribution >= 0.6 is 0 Å². The Bertz CT molecular complexity index is 506. The van der Waals surface area contributed by atoms with Gasteiger partial charge in [0, 0.05) is 42.4 Å². The zero-order chi connectivity index (χ0) is 13.5. The lowest BCUT2D eigenvalue weighted by Gasteiger charge is -2.07. The molecule has 0 aliphatic heterocycles. The molecule has 0 radical (unpaired) electrons. The molecule has 0 amide bonds. The summed E-state index contributed by atoms with van der Waals surface area (Å²) in [7, 11) is 0. The van der Waals surface area contributed by atoms with Crippen LogP contribution in [-0.2, 0) is 12.8 Å². The highest BCUT2D eigenvalue weighted by Crippen LogP contribution is 2.11. The van der Waals surface area contributed by atoms with Crippen LogP contribution in [0, 0.1) is 0 Å². The molecular formula is C16H21N3. The number of anilines is 1. The molecule has 1 N–H and O–H groups in total. The highest BCUT2D eigenvalue weighted by Gasteiger charge is 2.01. The largest absolute Gasteiger partial charge is 0.385 e. The predicted molar refractivity (Wildman–Crippen MR) is 79.4 cm³/mol. The van der Waals surface area contributed by atoms with E-state index in [1.807, 2.05) is 18.5 Å². The van der Waals surface area contributed by atoms with Gasteiger partial charge in [-0.25, -0.2) is 0 Å². The summed E-state index contributed by atoms with van der Waals surface area (Å²) in [6, 6.07) is 8.34. The molecule has 2 aromatic rings. The zero-order valence-electron chi connectivity index (χ0n) is 11.7. The van der Waals surface area contributed by atoms with Crippen LogP contribution in [0.3, 0.4) is 0 Å². The van der Waals surface area contributed by atoms with Crippen LogP contribution < -0.4 is 5.32 Å². The monoisotopic (exact) mass is 255 g/mol.